The van der Waals surface area contributed by atoms with Crippen molar-refractivity contribution in [2.24, 2.45) is 0 Å². The molecule has 5 heteroatoms. The SMILES string of the molecule is Cc1nonc1CNCCC1CCCO1. The first-order chi connectivity index (χ1) is 7.36. The highest BCUT2D eigenvalue weighted by Gasteiger charge is 2.14. The standard InChI is InChI=1S/C10H17N3O2/c1-8-10(13-15-12-8)7-11-5-4-9-3-2-6-14-9/h9,11H,2-7H2,1H3. The minimum absolute atomic E-state index is 0.453. The first-order valence-corrected chi connectivity index (χ1v) is 5.46. The molecule has 1 aromatic heterocycles. The molecule has 0 aromatic carbocycles. The van der Waals surface area contributed by atoms with E-state index in [1.807, 2.05) is 6.92 Å². The van der Waals surface area contributed by atoms with Crippen LogP contribution in [0.25, 0.3) is 0 Å². The Morgan fingerprint density at radius 3 is 3.07 bits per heavy atom. The molecule has 0 saturated carbocycles. The highest BCUT2D eigenvalue weighted by molar-refractivity contribution is 5.03. The molecule has 1 unspecified atom stereocenters. The summed E-state index contributed by atoms with van der Waals surface area (Å²) in [6.07, 6.45) is 3.93. The molecule has 0 radical (unpaired) electrons. The zero-order chi connectivity index (χ0) is 10.5. The highest BCUT2D eigenvalue weighted by atomic mass is 16.6. The monoisotopic (exact) mass is 211 g/mol. The van der Waals surface area contributed by atoms with Gasteiger partial charge in [0.25, 0.3) is 0 Å². The van der Waals surface area contributed by atoms with Crippen molar-refractivity contribution < 1.29 is 9.37 Å². The number of rotatable bonds is 5. The predicted octanol–water partition coefficient (Wildman–Crippen LogP) is 1.04. The number of hydrogen-bond acceptors (Lipinski definition) is 5. The largest absolute Gasteiger partial charge is 0.378 e. The van der Waals surface area contributed by atoms with E-state index in [-0.39, 0.29) is 0 Å². The van der Waals surface area contributed by atoms with E-state index in [1.54, 1.807) is 0 Å². The summed E-state index contributed by atoms with van der Waals surface area (Å²) in [5, 5.41) is 10.8. The first kappa shape index (κ1) is 10.6. The molecule has 0 aliphatic carbocycles. The van der Waals surface area contributed by atoms with E-state index in [2.05, 4.69) is 20.3 Å². The Balaban J connectivity index is 1.60. The van der Waals surface area contributed by atoms with Gasteiger partial charge in [-0.3, -0.25) is 0 Å². The Morgan fingerprint density at radius 2 is 2.40 bits per heavy atom. The molecule has 1 N–H and O–H groups in total. The van der Waals surface area contributed by atoms with Crippen LogP contribution >= 0.6 is 0 Å². The Morgan fingerprint density at radius 1 is 1.47 bits per heavy atom. The lowest BCUT2D eigenvalue weighted by atomic mass is 10.2. The average Bonchev–Trinajstić information content (AvgIpc) is 2.85. The lowest BCUT2D eigenvalue weighted by Gasteiger charge is -2.08. The number of nitrogens with zero attached hydrogens (tertiary/aromatic N) is 2. The molecule has 0 bridgehead atoms. The van der Waals surface area contributed by atoms with E-state index in [4.69, 9.17) is 4.74 Å². The van der Waals surface area contributed by atoms with Crippen molar-refractivity contribution in [2.45, 2.75) is 38.8 Å². The number of aryl methyl sites for hydroxylation is 1. The summed E-state index contributed by atoms with van der Waals surface area (Å²) in [4.78, 5) is 0. The van der Waals surface area contributed by atoms with E-state index in [1.165, 1.54) is 12.8 Å². The van der Waals surface area contributed by atoms with Crippen LogP contribution in [0.3, 0.4) is 0 Å². The van der Waals surface area contributed by atoms with Gasteiger partial charge in [-0.15, -0.1) is 0 Å². The van der Waals surface area contributed by atoms with Gasteiger partial charge >= 0.3 is 0 Å². The Bertz CT molecular complexity index is 295. The van der Waals surface area contributed by atoms with Gasteiger partial charge in [0.2, 0.25) is 0 Å². The molecule has 5 nitrogen and oxygen atoms in total. The van der Waals surface area contributed by atoms with Crippen LogP contribution in [0.1, 0.15) is 30.7 Å². The van der Waals surface area contributed by atoms with Crippen molar-refractivity contribution in [2.75, 3.05) is 13.2 Å². The maximum atomic E-state index is 5.53. The van der Waals surface area contributed by atoms with Gasteiger partial charge in [0.15, 0.2) is 0 Å². The predicted molar refractivity (Wildman–Crippen MR) is 54.3 cm³/mol. The Labute approximate surface area is 89.1 Å². The van der Waals surface area contributed by atoms with Crippen LogP contribution in [0.5, 0.6) is 0 Å². The van der Waals surface area contributed by atoms with Crippen LogP contribution < -0.4 is 5.32 Å². The van der Waals surface area contributed by atoms with E-state index >= 15 is 0 Å². The van der Waals surface area contributed by atoms with E-state index < -0.39 is 0 Å². The van der Waals surface area contributed by atoms with Gasteiger partial charge in [-0.1, -0.05) is 10.3 Å². The molecule has 1 fully saturated rings. The van der Waals surface area contributed by atoms with Crippen LogP contribution in [0.4, 0.5) is 0 Å². The van der Waals surface area contributed by atoms with Crippen molar-refractivity contribution in [3.05, 3.63) is 11.4 Å². The molecule has 1 aliphatic heterocycles. The molecule has 1 saturated heterocycles. The van der Waals surface area contributed by atoms with Gasteiger partial charge in [-0.2, -0.15) is 0 Å². The summed E-state index contributed by atoms with van der Waals surface area (Å²) < 4.78 is 10.1. The topological polar surface area (TPSA) is 60.2 Å². The average molecular weight is 211 g/mol. The minimum Gasteiger partial charge on any atom is -0.378 e. The second kappa shape index (κ2) is 5.23. The number of hydrogen-bond donors (Lipinski definition) is 1. The normalized spacial score (nSPS) is 21.0. The summed E-state index contributed by atoms with van der Waals surface area (Å²) in [6, 6.07) is 0. The molecule has 1 aliphatic rings. The molecule has 2 rings (SSSR count). The molecule has 1 aromatic rings. The fourth-order valence-electron chi connectivity index (χ4n) is 1.75. The third kappa shape index (κ3) is 3.00. The fourth-order valence-corrected chi connectivity index (χ4v) is 1.75. The molecule has 0 spiro atoms. The number of aromatic nitrogens is 2. The maximum Gasteiger partial charge on any atom is 0.121 e. The van der Waals surface area contributed by atoms with Gasteiger partial charge in [0.1, 0.15) is 11.4 Å². The smallest absolute Gasteiger partial charge is 0.121 e. The lowest BCUT2D eigenvalue weighted by Crippen LogP contribution is -2.20. The summed E-state index contributed by atoms with van der Waals surface area (Å²) >= 11 is 0. The van der Waals surface area contributed by atoms with Gasteiger partial charge < -0.3 is 10.1 Å². The van der Waals surface area contributed by atoms with Crippen molar-refractivity contribution >= 4 is 0 Å². The van der Waals surface area contributed by atoms with Crippen LogP contribution in [0.2, 0.25) is 0 Å². The summed E-state index contributed by atoms with van der Waals surface area (Å²) in [5.74, 6) is 0. The third-order valence-corrected chi connectivity index (χ3v) is 2.71. The third-order valence-electron chi connectivity index (χ3n) is 2.71. The van der Waals surface area contributed by atoms with Crippen LogP contribution in [-0.2, 0) is 11.3 Å². The molecular formula is C10H17N3O2. The second-order valence-electron chi connectivity index (χ2n) is 3.90. The van der Waals surface area contributed by atoms with Crippen molar-refractivity contribution in [1.29, 1.82) is 0 Å². The summed E-state index contributed by atoms with van der Waals surface area (Å²) in [7, 11) is 0. The molecule has 0 amide bonds. The van der Waals surface area contributed by atoms with Crippen LogP contribution in [-0.4, -0.2) is 29.6 Å². The first-order valence-electron chi connectivity index (χ1n) is 5.46. The molecule has 15 heavy (non-hydrogen) atoms. The zero-order valence-corrected chi connectivity index (χ0v) is 9.03. The summed E-state index contributed by atoms with van der Waals surface area (Å²) in [6.45, 7) is 4.50. The molecular weight excluding hydrogens is 194 g/mol. The number of nitrogens with one attached hydrogen (secondary N) is 1. The van der Waals surface area contributed by atoms with Crippen molar-refractivity contribution in [3.8, 4) is 0 Å². The van der Waals surface area contributed by atoms with Gasteiger partial charge in [-0.25, -0.2) is 4.63 Å². The molecule has 84 valence electrons. The lowest BCUT2D eigenvalue weighted by molar-refractivity contribution is 0.104. The molecule has 1 atom stereocenters. The van der Waals surface area contributed by atoms with Crippen molar-refractivity contribution in [1.82, 2.24) is 15.6 Å². The van der Waals surface area contributed by atoms with Crippen LogP contribution in [0, 0.1) is 6.92 Å². The Kier molecular flexibility index (Phi) is 3.69. The van der Waals surface area contributed by atoms with Crippen LogP contribution in [0.15, 0.2) is 4.63 Å². The molecule has 2 heterocycles. The Hall–Kier alpha value is -0.940. The maximum absolute atomic E-state index is 5.53. The second-order valence-corrected chi connectivity index (χ2v) is 3.90. The van der Waals surface area contributed by atoms with Gasteiger partial charge in [-0.05, 0) is 32.7 Å². The minimum atomic E-state index is 0.453. The van der Waals surface area contributed by atoms with E-state index in [9.17, 15) is 0 Å². The summed E-state index contributed by atoms with van der Waals surface area (Å²) in [5.41, 5.74) is 1.75. The van der Waals surface area contributed by atoms with Gasteiger partial charge in [0, 0.05) is 13.2 Å². The highest BCUT2D eigenvalue weighted by Crippen LogP contribution is 2.14. The van der Waals surface area contributed by atoms with E-state index in [0.29, 0.717) is 6.10 Å². The fraction of sp³-hybridized carbons (Fsp3) is 0.800. The van der Waals surface area contributed by atoms with Gasteiger partial charge in [0.05, 0.1) is 6.10 Å². The number of ether oxygens (including phenoxy) is 1. The van der Waals surface area contributed by atoms with Crippen molar-refractivity contribution in [3.63, 3.8) is 0 Å². The zero-order valence-electron chi connectivity index (χ0n) is 9.03. The quantitative estimate of drug-likeness (QED) is 0.737. The van der Waals surface area contributed by atoms with E-state index in [0.717, 1.165) is 37.5 Å².